The summed E-state index contributed by atoms with van der Waals surface area (Å²) in [6.07, 6.45) is 1.87. The highest BCUT2D eigenvalue weighted by molar-refractivity contribution is 5.93. The molecule has 0 N–H and O–H groups in total. The maximum atomic E-state index is 11.5. The summed E-state index contributed by atoms with van der Waals surface area (Å²) in [5, 5.41) is 0. The zero-order valence-electron chi connectivity index (χ0n) is 9.35. The van der Waals surface area contributed by atoms with Crippen molar-refractivity contribution in [1.29, 1.82) is 0 Å². The van der Waals surface area contributed by atoms with Gasteiger partial charge in [0.05, 0.1) is 12.8 Å². The van der Waals surface area contributed by atoms with E-state index < -0.39 is 5.97 Å². The number of oxazole rings is 1. The first-order valence-corrected chi connectivity index (χ1v) is 4.81. The molecule has 0 fully saturated rings. The summed E-state index contributed by atoms with van der Waals surface area (Å²) in [6, 6.07) is 3.72. The Morgan fingerprint density at radius 2 is 2.31 bits per heavy atom. The Hall–Kier alpha value is -2.04. The van der Waals surface area contributed by atoms with Crippen LogP contribution in [0.3, 0.4) is 0 Å². The van der Waals surface area contributed by atoms with Crippen LogP contribution in [-0.4, -0.2) is 22.6 Å². The molecular formula is C11H12N2O3. The molecule has 0 radical (unpaired) electrons. The molecule has 2 heterocycles. The molecule has 16 heavy (non-hydrogen) atoms. The molecule has 0 amide bonds. The van der Waals surface area contributed by atoms with Crippen LogP contribution in [0.1, 0.15) is 16.4 Å². The van der Waals surface area contributed by atoms with Gasteiger partial charge in [0.1, 0.15) is 0 Å². The molecule has 0 aromatic carbocycles. The lowest BCUT2D eigenvalue weighted by Crippen LogP contribution is -2.04. The van der Waals surface area contributed by atoms with E-state index in [0.717, 1.165) is 5.69 Å². The summed E-state index contributed by atoms with van der Waals surface area (Å²) in [5.41, 5.74) is 1.00. The van der Waals surface area contributed by atoms with Gasteiger partial charge in [-0.25, -0.2) is 9.78 Å². The molecule has 84 valence electrons. The van der Waals surface area contributed by atoms with E-state index in [1.165, 1.54) is 7.11 Å². The molecule has 5 heteroatoms. The average molecular weight is 220 g/mol. The van der Waals surface area contributed by atoms with Gasteiger partial charge in [0.2, 0.25) is 0 Å². The van der Waals surface area contributed by atoms with Crippen molar-refractivity contribution < 1.29 is 13.9 Å². The van der Waals surface area contributed by atoms with Gasteiger partial charge < -0.3 is 13.7 Å². The van der Waals surface area contributed by atoms with Gasteiger partial charge in [-0.15, -0.1) is 0 Å². The summed E-state index contributed by atoms with van der Waals surface area (Å²) in [7, 11) is 3.19. The minimum absolute atomic E-state index is 0.210. The van der Waals surface area contributed by atoms with Crippen molar-refractivity contribution >= 4 is 5.97 Å². The van der Waals surface area contributed by atoms with Crippen LogP contribution < -0.4 is 0 Å². The molecule has 0 unspecified atom stereocenters. The van der Waals surface area contributed by atoms with Crippen molar-refractivity contribution in [2.24, 2.45) is 7.05 Å². The van der Waals surface area contributed by atoms with Gasteiger partial charge in [-0.05, 0) is 12.1 Å². The third kappa shape index (κ3) is 1.60. The van der Waals surface area contributed by atoms with Gasteiger partial charge in [0, 0.05) is 20.2 Å². The van der Waals surface area contributed by atoms with E-state index >= 15 is 0 Å². The number of aryl methyl sites for hydroxylation is 2. The van der Waals surface area contributed by atoms with Crippen molar-refractivity contribution in [3.05, 3.63) is 29.9 Å². The molecular weight excluding hydrogens is 208 g/mol. The maximum Gasteiger partial charge on any atom is 0.360 e. The first-order chi connectivity index (χ1) is 7.63. The Morgan fingerprint density at radius 3 is 2.88 bits per heavy atom. The van der Waals surface area contributed by atoms with E-state index in [1.807, 2.05) is 29.9 Å². The lowest BCUT2D eigenvalue weighted by Gasteiger charge is -2.00. The first-order valence-electron chi connectivity index (χ1n) is 4.81. The summed E-state index contributed by atoms with van der Waals surface area (Å²) in [4.78, 5) is 15.5. The van der Waals surface area contributed by atoms with E-state index in [9.17, 15) is 4.79 Å². The van der Waals surface area contributed by atoms with Crippen molar-refractivity contribution in [1.82, 2.24) is 9.55 Å². The van der Waals surface area contributed by atoms with Crippen LogP contribution in [0.2, 0.25) is 0 Å². The largest absolute Gasteiger partial charge is 0.464 e. The maximum absolute atomic E-state index is 11.5. The second-order valence-corrected chi connectivity index (χ2v) is 3.41. The van der Waals surface area contributed by atoms with Crippen LogP contribution in [0.5, 0.6) is 0 Å². The van der Waals surface area contributed by atoms with E-state index in [2.05, 4.69) is 9.72 Å². The summed E-state index contributed by atoms with van der Waals surface area (Å²) in [6.45, 7) is 1.69. The number of methoxy groups -OCH3 is 1. The summed E-state index contributed by atoms with van der Waals surface area (Å²) in [5.74, 6) is 0.390. The van der Waals surface area contributed by atoms with Crippen LogP contribution in [0.25, 0.3) is 11.5 Å². The van der Waals surface area contributed by atoms with Gasteiger partial charge in [0.15, 0.2) is 17.3 Å². The zero-order valence-corrected chi connectivity index (χ0v) is 9.35. The van der Waals surface area contributed by atoms with Crippen LogP contribution in [0, 0.1) is 6.92 Å². The first kappa shape index (κ1) is 10.5. The number of carbonyl (C=O) groups excluding carboxylic acids is 1. The number of carbonyl (C=O) groups is 1. The molecule has 2 aromatic heterocycles. The Morgan fingerprint density at radius 1 is 1.56 bits per heavy atom. The number of hydrogen-bond acceptors (Lipinski definition) is 4. The van der Waals surface area contributed by atoms with E-state index in [1.54, 1.807) is 6.92 Å². The SMILES string of the molecule is COC(=O)c1nc(C)oc1-c1cccn1C. The molecule has 0 aliphatic rings. The quantitative estimate of drug-likeness (QED) is 0.724. The van der Waals surface area contributed by atoms with Gasteiger partial charge in [-0.1, -0.05) is 0 Å². The fraction of sp³-hybridized carbons (Fsp3) is 0.273. The molecule has 0 saturated heterocycles. The topological polar surface area (TPSA) is 57.3 Å². The Bertz CT molecular complexity index is 525. The summed E-state index contributed by atoms with van der Waals surface area (Å²) < 4.78 is 11.9. The average Bonchev–Trinajstić information content (AvgIpc) is 2.83. The molecule has 0 aliphatic carbocycles. The standard InChI is InChI=1S/C11H12N2O3/c1-7-12-9(11(14)15-3)10(16-7)8-5-4-6-13(8)2/h4-6H,1-3H3. The van der Waals surface area contributed by atoms with Crippen molar-refractivity contribution in [3.8, 4) is 11.5 Å². The number of aromatic nitrogens is 2. The van der Waals surface area contributed by atoms with Crippen molar-refractivity contribution in [2.75, 3.05) is 7.11 Å². The van der Waals surface area contributed by atoms with Crippen LogP contribution in [0.4, 0.5) is 0 Å². The molecule has 0 aliphatic heterocycles. The lowest BCUT2D eigenvalue weighted by molar-refractivity contribution is 0.0595. The molecule has 0 bridgehead atoms. The van der Waals surface area contributed by atoms with E-state index in [4.69, 9.17) is 4.42 Å². The van der Waals surface area contributed by atoms with Crippen molar-refractivity contribution in [2.45, 2.75) is 6.92 Å². The van der Waals surface area contributed by atoms with Crippen LogP contribution >= 0.6 is 0 Å². The fourth-order valence-electron chi connectivity index (χ4n) is 1.53. The third-order valence-electron chi connectivity index (χ3n) is 2.29. The minimum atomic E-state index is -0.493. The third-order valence-corrected chi connectivity index (χ3v) is 2.29. The second kappa shape index (κ2) is 3.84. The summed E-state index contributed by atoms with van der Waals surface area (Å²) >= 11 is 0. The minimum Gasteiger partial charge on any atom is -0.464 e. The monoisotopic (exact) mass is 220 g/mol. The molecule has 0 atom stereocenters. The lowest BCUT2D eigenvalue weighted by atomic mass is 10.2. The molecule has 2 rings (SSSR count). The normalized spacial score (nSPS) is 10.4. The smallest absolute Gasteiger partial charge is 0.360 e. The predicted molar refractivity (Wildman–Crippen MR) is 57.0 cm³/mol. The van der Waals surface area contributed by atoms with Crippen molar-refractivity contribution in [3.63, 3.8) is 0 Å². The van der Waals surface area contributed by atoms with Gasteiger partial charge in [0.25, 0.3) is 0 Å². The van der Waals surface area contributed by atoms with E-state index in [0.29, 0.717) is 11.7 Å². The predicted octanol–water partition coefficient (Wildman–Crippen LogP) is 1.78. The Kier molecular flexibility index (Phi) is 2.52. The Balaban J connectivity index is 2.57. The highest BCUT2D eigenvalue weighted by atomic mass is 16.5. The van der Waals surface area contributed by atoms with Crippen LogP contribution in [-0.2, 0) is 11.8 Å². The van der Waals surface area contributed by atoms with Gasteiger partial charge >= 0.3 is 5.97 Å². The fourth-order valence-corrected chi connectivity index (χ4v) is 1.53. The van der Waals surface area contributed by atoms with Gasteiger partial charge in [-0.3, -0.25) is 0 Å². The van der Waals surface area contributed by atoms with Gasteiger partial charge in [-0.2, -0.15) is 0 Å². The Labute approximate surface area is 92.7 Å². The van der Waals surface area contributed by atoms with Crippen LogP contribution in [0.15, 0.2) is 22.7 Å². The highest BCUT2D eigenvalue weighted by Crippen LogP contribution is 2.25. The van der Waals surface area contributed by atoms with E-state index in [-0.39, 0.29) is 5.69 Å². The second-order valence-electron chi connectivity index (χ2n) is 3.41. The molecule has 0 spiro atoms. The molecule has 5 nitrogen and oxygen atoms in total. The number of rotatable bonds is 2. The number of esters is 1. The number of nitrogens with zero attached hydrogens (tertiary/aromatic N) is 2. The molecule has 0 saturated carbocycles. The number of ether oxygens (including phenoxy) is 1. The number of hydrogen-bond donors (Lipinski definition) is 0. The zero-order chi connectivity index (χ0) is 11.7. The highest BCUT2D eigenvalue weighted by Gasteiger charge is 2.21. The molecule has 2 aromatic rings.